The van der Waals surface area contributed by atoms with E-state index in [1.807, 2.05) is 13.2 Å². The number of rotatable bonds is 4. The van der Waals surface area contributed by atoms with Gasteiger partial charge < -0.3 is 5.32 Å². The van der Waals surface area contributed by atoms with Crippen molar-refractivity contribution in [2.24, 2.45) is 0 Å². The number of anilines is 1. The Morgan fingerprint density at radius 1 is 1.45 bits per heavy atom. The van der Waals surface area contributed by atoms with E-state index in [1.165, 1.54) is 29.2 Å². The predicted octanol–water partition coefficient (Wildman–Crippen LogP) is 3.63. The number of carbonyl (C=O) groups is 1. The van der Waals surface area contributed by atoms with E-state index >= 15 is 0 Å². The smallest absolute Gasteiger partial charge is 0.229 e. The highest BCUT2D eigenvalue weighted by atomic mass is 32.2. The Morgan fingerprint density at radius 3 is 2.80 bits per heavy atom. The van der Waals surface area contributed by atoms with Gasteiger partial charge >= 0.3 is 0 Å². The van der Waals surface area contributed by atoms with Crippen LogP contribution >= 0.6 is 23.1 Å². The molecule has 1 aromatic carbocycles. The van der Waals surface area contributed by atoms with Crippen molar-refractivity contribution in [3.05, 3.63) is 40.4 Å². The second-order valence-electron chi connectivity index (χ2n) is 4.04. The number of nitrogens with zero attached hydrogens (tertiary/aromatic N) is 1. The lowest BCUT2D eigenvalue weighted by Crippen LogP contribution is -2.15. The number of benzene rings is 1. The zero-order valence-electron chi connectivity index (χ0n) is 10.9. The number of thioether (sulfide) groups is 1. The first-order valence-corrected chi connectivity index (χ1v) is 7.79. The minimum atomic E-state index is -0.788. The van der Waals surface area contributed by atoms with Gasteiger partial charge in [-0.2, -0.15) is 0 Å². The fourth-order valence-corrected chi connectivity index (χ4v) is 3.24. The van der Waals surface area contributed by atoms with Gasteiger partial charge in [0.25, 0.3) is 0 Å². The van der Waals surface area contributed by atoms with E-state index in [1.54, 1.807) is 0 Å². The number of aromatic nitrogens is 1. The van der Waals surface area contributed by atoms with Crippen LogP contribution < -0.4 is 5.32 Å². The second-order valence-corrected chi connectivity index (χ2v) is 6.18. The maximum atomic E-state index is 13.4. The van der Waals surface area contributed by atoms with Gasteiger partial charge in [-0.05, 0) is 25.3 Å². The minimum absolute atomic E-state index is 0.0244. The Balaban J connectivity index is 2.06. The average molecular weight is 314 g/mol. The number of carbonyl (C=O) groups excluding carboxylic acids is 1. The maximum absolute atomic E-state index is 13.4. The Hall–Kier alpha value is -1.47. The van der Waals surface area contributed by atoms with Crippen LogP contribution in [-0.2, 0) is 11.2 Å². The lowest BCUT2D eigenvalue weighted by Gasteiger charge is -2.05. The van der Waals surface area contributed by atoms with Gasteiger partial charge in [0, 0.05) is 10.9 Å². The van der Waals surface area contributed by atoms with Gasteiger partial charge in [-0.1, -0.05) is 11.8 Å². The number of nitrogens with one attached hydrogen (secondary N) is 1. The van der Waals surface area contributed by atoms with Crippen molar-refractivity contribution in [1.29, 1.82) is 0 Å². The average Bonchev–Trinajstić information content (AvgIpc) is 2.74. The van der Waals surface area contributed by atoms with Crippen LogP contribution in [0.15, 0.2) is 22.5 Å². The zero-order valence-corrected chi connectivity index (χ0v) is 12.5. The summed E-state index contributed by atoms with van der Waals surface area (Å²) < 4.78 is 27.1. The molecule has 2 aromatic rings. The van der Waals surface area contributed by atoms with Crippen LogP contribution in [0.25, 0.3) is 0 Å². The van der Waals surface area contributed by atoms with Gasteiger partial charge in [0.2, 0.25) is 5.91 Å². The fraction of sp³-hybridized carbons (Fsp3) is 0.231. The number of hydrogen-bond acceptors (Lipinski definition) is 4. The molecule has 0 unspecified atom stereocenters. The highest BCUT2D eigenvalue weighted by Gasteiger charge is 2.13. The van der Waals surface area contributed by atoms with Crippen molar-refractivity contribution in [2.75, 3.05) is 11.6 Å². The van der Waals surface area contributed by atoms with Gasteiger partial charge in [0.15, 0.2) is 0 Å². The summed E-state index contributed by atoms with van der Waals surface area (Å²) in [5.41, 5.74) is 0.776. The molecule has 0 bridgehead atoms. The maximum Gasteiger partial charge on any atom is 0.229 e. The quantitative estimate of drug-likeness (QED) is 0.876. The van der Waals surface area contributed by atoms with Crippen LogP contribution in [0, 0.1) is 18.6 Å². The molecule has 0 saturated carbocycles. The van der Waals surface area contributed by atoms with Crippen LogP contribution in [0.5, 0.6) is 0 Å². The van der Waals surface area contributed by atoms with Gasteiger partial charge in [0.1, 0.15) is 16.0 Å². The van der Waals surface area contributed by atoms with E-state index in [2.05, 4.69) is 10.3 Å². The van der Waals surface area contributed by atoms with Crippen LogP contribution in [0.2, 0.25) is 0 Å². The summed E-state index contributed by atoms with van der Waals surface area (Å²) in [5.74, 6) is -1.82. The summed E-state index contributed by atoms with van der Waals surface area (Å²) in [4.78, 5) is 17.0. The number of halogens is 2. The molecular weight excluding hydrogens is 302 g/mol. The summed E-state index contributed by atoms with van der Waals surface area (Å²) in [7, 11) is 0. The third-order valence-electron chi connectivity index (χ3n) is 2.57. The molecule has 0 radical (unpaired) electrons. The van der Waals surface area contributed by atoms with E-state index in [0.29, 0.717) is 0 Å². The SMILES string of the molecule is CSc1nc(C)c(CC(=O)Nc2ccc(F)cc2F)s1. The van der Waals surface area contributed by atoms with Gasteiger partial charge in [-0.25, -0.2) is 13.8 Å². The fourth-order valence-electron chi connectivity index (χ4n) is 1.58. The minimum Gasteiger partial charge on any atom is -0.323 e. The molecule has 0 saturated heterocycles. The van der Waals surface area contributed by atoms with E-state index in [4.69, 9.17) is 0 Å². The topological polar surface area (TPSA) is 42.0 Å². The first-order valence-electron chi connectivity index (χ1n) is 5.75. The second kappa shape index (κ2) is 6.32. The largest absolute Gasteiger partial charge is 0.323 e. The van der Waals surface area contributed by atoms with Crippen LogP contribution in [0.3, 0.4) is 0 Å². The molecule has 20 heavy (non-hydrogen) atoms. The molecule has 1 N–H and O–H groups in total. The molecule has 0 aliphatic carbocycles. The predicted molar refractivity (Wildman–Crippen MR) is 77.3 cm³/mol. The highest BCUT2D eigenvalue weighted by Crippen LogP contribution is 2.26. The van der Waals surface area contributed by atoms with E-state index in [9.17, 15) is 13.6 Å². The standard InChI is InChI=1S/C13H12F2N2OS2/c1-7-11(20-13(16-7)19-2)6-12(18)17-10-4-3-8(14)5-9(10)15/h3-5H,6H2,1-2H3,(H,17,18). The molecule has 106 valence electrons. The van der Waals surface area contributed by atoms with Crippen LogP contribution in [-0.4, -0.2) is 17.1 Å². The summed E-state index contributed by atoms with van der Waals surface area (Å²) >= 11 is 2.96. The van der Waals surface area contributed by atoms with Crippen LogP contribution in [0.1, 0.15) is 10.6 Å². The molecule has 7 heteroatoms. The van der Waals surface area contributed by atoms with Crippen LogP contribution in [0.4, 0.5) is 14.5 Å². The van der Waals surface area contributed by atoms with E-state index in [0.717, 1.165) is 27.0 Å². The van der Waals surface area contributed by atoms with Crippen molar-refractivity contribution >= 4 is 34.7 Å². The molecule has 1 aromatic heterocycles. The first kappa shape index (κ1) is 14.9. The summed E-state index contributed by atoms with van der Waals surface area (Å²) in [6.45, 7) is 1.83. The summed E-state index contributed by atoms with van der Waals surface area (Å²) in [5, 5.41) is 2.43. The Kier molecular flexibility index (Phi) is 4.72. The first-order chi connectivity index (χ1) is 9.49. The molecule has 0 aliphatic heterocycles. The van der Waals surface area contributed by atoms with Crippen molar-refractivity contribution in [3.63, 3.8) is 0 Å². The van der Waals surface area contributed by atoms with Crippen molar-refractivity contribution in [3.8, 4) is 0 Å². The van der Waals surface area contributed by atoms with E-state index < -0.39 is 11.6 Å². The van der Waals surface area contributed by atoms with Gasteiger partial charge in [-0.3, -0.25) is 4.79 Å². The Morgan fingerprint density at radius 2 is 2.20 bits per heavy atom. The lowest BCUT2D eigenvalue weighted by atomic mass is 10.2. The monoisotopic (exact) mass is 314 g/mol. The highest BCUT2D eigenvalue weighted by molar-refractivity contribution is 8.00. The molecule has 0 fully saturated rings. The Labute approximate surface area is 123 Å². The lowest BCUT2D eigenvalue weighted by molar-refractivity contribution is -0.115. The molecule has 0 aliphatic rings. The Bertz CT molecular complexity index is 643. The molecule has 3 nitrogen and oxygen atoms in total. The third kappa shape index (κ3) is 3.55. The molecule has 2 rings (SSSR count). The third-order valence-corrected chi connectivity index (χ3v) is 4.72. The summed E-state index contributed by atoms with van der Waals surface area (Å²) in [6.07, 6.45) is 2.04. The van der Waals surface area contributed by atoms with Gasteiger partial charge in [-0.15, -0.1) is 11.3 Å². The molecule has 0 spiro atoms. The van der Waals surface area contributed by atoms with Crippen molar-refractivity contribution in [2.45, 2.75) is 17.7 Å². The van der Waals surface area contributed by atoms with Gasteiger partial charge in [0.05, 0.1) is 17.8 Å². The normalized spacial score (nSPS) is 10.6. The molecular formula is C13H12F2N2OS2. The number of thiazole rings is 1. The molecule has 1 amide bonds. The zero-order chi connectivity index (χ0) is 14.7. The number of amides is 1. The van der Waals surface area contributed by atoms with Crippen molar-refractivity contribution < 1.29 is 13.6 Å². The van der Waals surface area contributed by atoms with Crippen molar-refractivity contribution in [1.82, 2.24) is 4.98 Å². The molecule has 1 heterocycles. The molecule has 0 atom stereocenters. The van der Waals surface area contributed by atoms with E-state index in [-0.39, 0.29) is 18.0 Å². The number of aryl methyl sites for hydroxylation is 1. The number of hydrogen-bond donors (Lipinski definition) is 1. The summed E-state index contributed by atoms with van der Waals surface area (Å²) in [6, 6.07) is 3.04.